The molecule has 1 aliphatic rings. The maximum absolute atomic E-state index is 11.5. The standard InChI is InChI=1S/C12H21N5O2/c1-19-7-5-14-12(18)9-13-8-11-16-15-10-4-2-3-6-17(10)11/h13H,2-9H2,1H3,(H,14,18). The fraction of sp³-hybridized carbons (Fsp3) is 0.750. The van der Waals surface area contributed by atoms with Gasteiger partial charge in [-0.2, -0.15) is 0 Å². The third kappa shape index (κ3) is 4.00. The molecule has 0 bridgehead atoms. The number of aryl methyl sites for hydroxylation is 1. The molecule has 0 aromatic carbocycles. The van der Waals surface area contributed by atoms with Gasteiger partial charge in [0.05, 0.1) is 19.7 Å². The first kappa shape index (κ1) is 14.0. The molecule has 0 unspecified atom stereocenters. The Balaban J connectivity index is 1.71. The van der Waals surface area contributed by atoms with E-state index in [4.69, 9.17) is 4.74 Å². The first-order valence-corrected chi connectivity index (χ1v) is 6.68. The van der Waals surface area contributed by atoms with Crippen LogP contribution in [0.5, 0.6) is 0 Å². The van der Waals surface area contributed by atoms with Crippen LogP contribution >= 0.6 is 0 Å². The minimum atomic E-state index is -0.0320. The molecule has 19 heavy (non-hydrogen) atoms. The fourth-order valence-electron chi connectivity index (χ4n) is 2.14. The summed E-state index contributed by atoms with van der Waals surface area (Å²) in [6.45, 7) is 2.91. The quantitative estimate of drug-likeness (QED) is 0.649. The maximum atomic E-state index is 11.5. The molecule has 0 radical (unpaired) electrons. The van der Waals surface area contributed by atoms with Gasteiger partial charge in [-0.25, -0.2) is 0 Å². The van der Waals surface area contributed by atoms with Crippen LogP contribution in [0.25, 0.3) is 0 Å². The number of hydrogen-bond acceptors (Lipinski definition) is 5. The summed E-state index contributed by atoms with van der Waals surface area (Å²) in [5.74, 6) is 1.95. The molecule has 2 N–H and O–H groups in total. The van der Waals surface area contributed by atoms with Crippen molar-refractivity contribution in [2.24, 2.45) is 0 Å². The Kier molecular flexibility index (Phi) is 5.29. The van der Waals surface area contributed by atoms with Gasteiger partial charge in [0.15, 0.2) is 0 Å². The summed E-state index contributed by atoms with van der Waals surface area (Å²) in [6, 6.07) is 0. The molecule has 106 valence electrons. The molecule has 0 spiro atoms. The van der Waals surface area contributed by atoms with Gasteiger partial charge in [-0.1, -0.05) is 0 Å². The molecule has 0 saturated heterocycles. The molecule has 0 atom stereocenters. The van der Waals surface area contributed by atoms with Crippen molar-refractivity contribution in [3.8, 4) is 0 Å². The molecule has 7 heteroatoms. The molecule has 1 aromatic heterocycles. The van der Waals surface area contributed by atoms with Crippen LogP contribution in [0, 0.1) is 0 Å². The molecular formula is C12H21N5O2. The van der Waals surface area contributed by atoms with Crippen molar-refractivity contribution in [3.63, 3.8) is 0 Å². The Morgan fingerprint density at radius 1 is 1.42 bits per heavy atom. The molecule has 1 aliphatic heterocycles. The van der Waals surface area contributed by atoms with Crippen molar-refractivity contribution in [1.29, 1.82) is 0 Å². The van der Waals surface area contributed by atoms with Gasteiger partial charge in [-0.05, 0) is 12.8 Å². The number of ether oxygens (including phenoxy) is 1. The molecule has 7 nitrogen and oxygen atoms in total. The maximum Gasteiger partial charge on any atom is 0.234 e. The van der Waals surface area contributed by atoms with E-state index in [1.165, 1.54) is 12.8 Å². The van der Waals surface area contributed by atoms with Crippen LogP contribution < -0.4 is 10.6 Å². The predicted molar refractivity (Wildman–Crippen MR) is 69.6 cm³/mol. The number of carbonyl (C=O) groups is 1. The average Bonchev–Trinajstić information content (AvgIpc) is 2.83. The predicted octanol–water partition coefficient (Wildman–Crippen LogP) is -0.533. The first-order valence-electron chi connectivity index (χ1n) is 6.68. The van der Waals surface area contributed by atoms with E-state index < -0.39 is 0 Å². The van der Waals surface area contributed by atoms with E-state index >= 15 is 0 Å². The summed E-state index contributed by atoms with van der Waals surface area (Å²) in [6.07, 6.45) is 3.37. The van der Waals surface area contributed by atoms with Gasteiger partial charge < -0.3 is 19.9 Å². The molecule has 0 saturated carbocycles. The highest BCUT2D eigenvalue weighted by molar-refractivity contribution is 5.77. The lowest BCUT2D eigenvalue weighted by Crippen LogP contribution is -2.35. The third-order valence-electron chi connectivity index (χ3n) is 3.13. The molecule has 0 aliphatic carbocycles. The van der Waals surface area contributed by atoms with Crippen LogP contribution in [0.4, 0.5) is 0 Å². The summed E-state index contributed by atoms with van der Waals surface area (Å²) in [4.78, 5) is 11.5. The van der Waals surface area contributed by atoms with E-state index in [1.54, 1.807) is 7.11 Å². The number of amides is 1. The molecule has 0 fully saturated rings. The van der Waals surface area contributed by atoms with Gasteiger partial charge in [0.1, 0.15) is 11.6 Å². The Morgan fingerprint density at radius 3 is 3.16 bits per heavy atom. The SMILES string of the molecule is COCCNC(=O)CNCc1nnc2n1CCCC2. The van der Waals surface area contributed by atoms with Gasteiger partial charge in [-0.15, -0.1) is 10.2 Å². The zero-order chi connectivity index (χ0) is 13.5. The second kappa shape index (κ2) is 7.20. The van der Waals surface area contributed by atoms with Crippen LogP contribution in [-0.4, -0.2) is 47.5 Å². The summed E-state index contributed by atoms with van der Waals surface area (Å²) in [5.41, 5.74) is 0. The van der Waals surface area contributed by atoms with Gasteiger partial charge >= 0.3 is 0 Å². The van der Waals surface area contributed by atoms with E-state index in [1.807, 2.05) is 0 Å². The van der Waals surface area contributed by atoms with E-state index in [9.17, 15) is 4.79 Å². The highest BCUT2D eigenvalue weighted by Crippen LogP contribution is 2.13. The number of aromatic nitrogens is 3. The Morgan fingerprint density at radius 2 is 2.32 bits per heavy atom. The number of nitrogens with one attached hydrogen (secondary N) is 2. The van der Waals surface area contributed by atoms with Gasteiger partial charge in [-0.3, -0.25) is 4.79 Å². The monoisotopic (exact) mass is 267 g/mol. The van der Waals surface area contributed by atoms with Crippen molar-refractivity contribution >= 4 is 5.91 Å². The highest BCUT2D eigenvalue weighted by atomic mass is 16.5. The van der Waals surface area contributed by atoms with Crippen molar-refractivity contribution in [2.75, 3.05) is 26.8 Å². The zero-order valence-corrected chi connectivity index (χ0v) is 11.3. The minimum Gasteiger partial charge on any atom is -0.383 e. The Bertz CT molecular complexity index is 418. The van der Waals surface area contributed by atoms with Crippen LogP contribution in [0.15, 0.2) is 0 Å². The summed E-state index contributed by atoms with van der Waals surface area (Å²) < 4.78 is 7.01. The lowest BCUT2D eigenvalue weighted by atomic mass is 10.2. The highest BCUT2D eigenvalue weighted by Gasteiger charge is 2.15. The van der Waals surface area contributed by atoms with Gasteiger partial charge in [0, 0.05) is 26.6 Å². The number of methoxy groups -OCH3 is 1. The lowest BCUT2D eigenvalue weighted by Gasteiger charge is -2.14. The second-order valence-electron chi connectivity index (χ2n) is 4.59. The summed E-state index contributed by atoms with van der Waals surface area (Å²) in [5, 5.41) is 14.2. The first-order chi connectivity index (χ1) is 9.31. The topological polar surface area (TPSA) is 81.1 Å². The average molecular weight is 267 g/mol. The second-order valence-corrected chi connectivity index (χ2v) is 4.59. The fourth-order valence-corrected chi connectivity index (χ4v) is 2.14. The molecule has 2 rings (SSSR count). The third-order valence-corrected chi connectivity index (χ3v) is 3.13. The van der Waals surface area contributed by atoms with Crippen LogP contribution in [0.2, 0.25) is 0 Å². The minimum absolute atomic E-state index is 0.0320. The molecule has 1 amide bonds. The molecular weight excluding hydrogens is 246 g/mol. The van der Waals surface area contributed by atoms with E-state index in [-0.39, 0.29) is 12.5 Å². The number of nitrogens with zero attached hydrogens (tertiary/aromatic N) is 3. The van der Waals surface area contributed by atoms with Crippen LogP contribution in [0.1, 0.15) is 24.5 Å². The van der Waals surface area contributed by atoms with E-state index in [0.29, 0.717) is 19.7 Å². The van der Waals surface area contributed by atoms with Crippen molar-refractivity contribution in [3.05, 3.63) is 11.6 Å². The van der Waals surface area contributed by atoms with Crippen molar-refractivity contribution in [1.82, 2.24) is 25.4 Å². The van der Waals surface area contributed by atoms with E-state index in [2.05, 4.69) is 25.4 Å². The van der Waals surface area contributed by atoms with E-state index in [0.717, 1.165) is 24.6 Å². The van der Waals surface area contributed by atoms with Gasteiger partial charge in [0.2, 0.25) is 5.91 Å². The number of carbonyl (C=O) groups excluding carboxylic acids is 1. The number of rotatable bonds is 7. The van der Waals surface area contributed by atoms with Gasteiger partial charge in [0.25, 0.3) is 0 Å². The smallest absolute Gasteiger partial charge is 0.234 e. The van der Waals surface area contributed by atoms with Crippen molar-refractivity contribution < 1.29 is 9.53 Å². The van der Waals surface area contributed by atoms with Crippen LogP contribution in [0.3, 0.4) is 0 Å². The Labute approximate surface area is 112 Å². The van der Waals surface area contributed by atoms with Crippen molar-refractivity contribution in [2.45, 2.75) is 32.4 Å². The summed E-state index contributed by atoms with van der Waals surface area (Å²) in [7, 11) is 1.61. The number of fused-ring (bicyclic) bond motifs is 1. The normalized spacial score (nSPS) is 14.2. The number of hydrogen-bond donors (Lipinski definition) is 2. The largest absolute Gasteiger partial charge is 0.383 e. The molecule has 2 heterocycles. The van der Waals surface area contributed by atoms with Crippen LogP contribution in [-0.2, 0) is 29.0 Å². The lowest BCUT2D eigenvalue weighted by molar-refractivity contribution is -0.120. The zero-order valence-electron chi connectivity index (χ0n) is 11.3. The summed E-state index contributed by atoms with van der Waals surface area (Å²) >= 11 is 0. The molecule has 1 aromatic rings. The Hall–Kier alpha value is -1.47.